The molecule has 6 nitrogen and oxygen atoms in total. The predicted molar refractivity (Wildman–Crippen MR) is 120 cm³/mol. The zero-order valence-corrected chi connectivity index (χ0v) is 17.5. The first-order valence-electron chi connectivity index (χ1n) is 8.59. The summed E-state index contributed by atoms with van der Waals surface area (Å²) in [6, 6.07) is 17.3. The Hall–Kier alpha value is -2.55. The number of hydrogen-bond donors (Lipinski definition) is 3. The number of hydrogen-bond acceptors (Lipinski definition) is 3. The van der Waals surface area contributed by atoms with Gasteiger partial charge in [0.05, 0.1) is 6.20 Å². The van der Waals surface area contributed by atoms with Crippen molar-refractivity contribution >= 4 is 35.6 Å². The van der Waals surface area contributed by atoms with Crippen LogP contribution in [0.4, 0.5) is 5.69 Å². The van der Waals surface area contributed by atoms with Gasteiger partial charge in [0.15, 0.2) is 5.96 Å². The van der Waals surface area contributed by atoms with E-state index in [1.807, 2.05) is 67.7 Å². The van der Waals surface area contributed by atoms with Crippen LogP contribution in [-0.2, 0) is 6.42 Å². The van der Waals surface area contributed by atoms with Crippen LogP contribution in [0.15, 0.2) is 65.8 Å². The molecular weight excluding hydrogens is 453 g/mol. The molecule has 142 valence electrons. The van der Waals surface area contributed by atoms with Crippen molar-refractivity contribution < 1.29 is 4.74 Å². The van der Waals surface area contributed by atoms with Crippen LogP contribution in [0.5, 0.6) is 11.5 Å². The minimum Gasteiger partial charge on any atom is -0.457 e. The van der Waals surface area contributed by atoms with Crippen molar-refractivity contribution in [2.45, 2.75) is 19.8 Å². The first-order valence-corrected chi connectivity index (χ1v) is 8.59. The number of halogens is 1. The maximum absolute atomic E-state index is 5.98. The minimum absolute atomic E-state index is 0. The molecule has 27 heavy (non-hydrogen) atoms. The molecule has 0 aliphatic carbocycles. The molecule has 0 atom stereocenters. The van der Waals surface area contributed by atoms with Crippen molar-refractivity contribution in [2.75, 3.05) is 11.9 Å². The molecule has 0 bridgehead atoms. The highest BCUT2D eigenvalue weighted by Crippen LogP contribution is 2.23. The van der Waals surface area contributed by atoms with Gasteiger partial charge >= 0.3 is 0 Å². The van der Waals surface area contributed by atoms with Gasteiger partial charge in [0.1, 0.15) is 11.5 Å². The van der Waals surface area contributed by atoms with Crippen LogP contribution in [0.2, 0.25) is 0 Å². The van der Waals surface area contributed by atoms with E-state index >= 15 is 0 Å². The van der Waals surface area contributed by atoms with Crippen molar-refractivity contribution in [2.24, 2.45) is 10.7 Å². The third-order valence-electron chi connectivity index (χ3n) is 3.91. The number of nitrogens with zero attached hydrogens (tertiary/aromatic N) is 2. The maximum atomic E-state index is 5.98. The standard InChI is InChI=1S/C20H23N5O.HI/c1-15-16(14-23-25-15)7-6-12-22-20(21)24-17-8-5-11-19(13-17)26-18-9-3-2-4-10-18;/h2-5,8-11,13-14H,6-7,12H2,1H3,(H,23,25)(H3,21,22,24);1H. The van der Waals surface area contributed by atoms with Crippen LogP contribution >= 0.6 is 24.0 Å². The topological polar surface area (TPSA) is 88.3 Å². The second-order valence-electron chi connectivity index (χ2n) is 5.96. The summed E-state index contributed by atoms with van der Waals surface area (Å²) in [4.78, 5) is 4.37. The Kier molecular flexibility index (Phi) is 8.12. The molecular formula is C20H24IN5O. The van der Waals surface area contributed by atoms with Crippen molar-refractivity contribution in [3.63, 3.8) is 0 Å². The first kappa shape index (κ1) is 20.8. The summed E-state index contributed by atoms with van der Waals surface area (Å²) in [5.74, 6) is 1.93. The van der Waals surface area contributed by atoms with E-state index in [0.29, 0.717) is 12.5 Å². The lowest BCUT2D eigenvalue weighted by molar-refractivity contribution is 0.483. The number of guanidine groups is 1. The second-order valence-corrected chi connectivity index (χ2v) is 5.96. The number of aromatic nitrogens is 2. The number of para-hydroxylation sites is 1. The van der Waals surface area contributed by atoms with E-state index in [4.69, 9.17) is 10.5 Å². The Morgan fingerprint density at radius 2 is 1.93 bits per heavy atom. The van der Waals surface area contributed by atoms with Crippen LogP contribution in [0, 0.1) is 6.92 Å². The van der Waals surface area contributed by atoms with E-state index in [-0.39, 0.29) is 24.0 Å². The normalized spacial score (nSPS) is 10.9. The van der Waals surface area contributed by atoms with Crippen molar-refractivity contribution in [3.8, 4) is 11.5 Å². The average Bonchev–Trinajstić information content (AvgIpc) is 3.05. The molecule has 3 aromatic rings. The van der Waals surface area contributed by atoms with E-state index in [2.05, 4.69) is 20.5 Å². The molecule has 0 radical (unpaired) electrons. The summed E-state index contributed by atoms with van der Waals surface area (Å²) in [5, 5.41) is 10.1. The van der Waals surface area contributed by atoms with Crippen molar-refractivity contribution in [3.05, 3.63) is 72.1 Å². The lowest BCUT2D eigenvalue weighted by atomic mass is 10.1. The van der Waals surface area contributed by atoms with Crippen LogP contribution in [0.3, 0.4) is 0 Å². The molecule has 0 aliphatic heterocycles. The Morgan fingerprint density at radius 1 is 1.15 bits per heavy atom. The Bertz CT molecular complexity index is 864. The SMILES string of the molecule is Cc1[nH]ncc1CCCN=C(N)Nc1cccc(Oc2ccccc2)c1.I. The van der Waals surface area contributed by atoms with E-state index in [1.54, 1.807) is 0 Å². The fourth-order valence-corrected chi connectivity index (χ4v) is 2.55. The van der Waals surface area contributed by atoms with E-state index in [1.165, 1.54) is 5.56 Å². The van der Waals surface area contributed by atoms with Gasteiger partial charge in [-0.05, 0) is 49.6 Å². The van der Waals surface area contributed by atoms with Crippen LogP contribution in [0.1, 0.15) is 17.7 Å². The number of ether oxygens (including phenoxy) is 1. The lowest BCUT2D eigenvalue weighted by Gasteiger charge is -2.09. The van der Waals surface area contributed by atoms with Gasteiger partial charge < -0.3 is 15.8 Å². The molecule has 0 amide bonds. The van der Waals surface area contributed by atoms with Gasteiger partial charge in [0, 0.05) is 24.0 Å². The van der Waals surface area contributed by atoms with E-state index < -0.39 is 0 Å². The smallest absolute Gasteiger partial charge is 0.193 e. The number of rotatable bonds is 7. The molecule has 0 saturated carbocycles. The zero-order valence-electron chi connectivity index (χ0n) is 15.2. The quantitative estimate of drug-likeness (QED) is 0.203. The highest BCUT2D eigenvalue weighted by Gasteiger charge is 2.01. The van der Waals surface area contributed by atoms with Crippen molar-refractivity contribution in [1.82, 2.24) is 10.2 Å². The predicted octanol–water partition coefficient (Wildman–Crippen LogP) is 4.49. The van der Waals surface area contributed by atoms with Gasteiger partial charge in [-0.15, -0.1) is 24.0 Å². The number of aryl methyl sites for hydroxylation is 2. The number of aliphatic imine (C=N–C) groups is 1. The van der Waals surface area contributed by atoms with Gasteiger partial charge in [-0.1, -0.05) is 24.3 Å². The summed E-state index contributed by atoms with van der Waals surface area (Å²) in [5.41, 5.74) is 9.14. The number of H-pyrrole nitrogens is 1. The largest absolute Gasteiger partial charge is 0.457 e. The van der Waals surface area contributed by atoms with Crippen LogP contribution in [0.25, 0.3) is 0 Å². The molecule has 7 heteroatoms. The average molecular weight is 477 g/mol. The molecule has 0 fully saturated rings. The Morgan fingerprint density at radius 3 is 2.67 bits per heavy atom. The van der Waals surface area contributed by atoms with E-state index in [0.717, 1.165) is 35.7 Å². The number of nitrogens with two attached hydrogens (primary N) is 1. The summed E-state index contributed by atoms with van der Waals surface area (Å²) in [6.45, 7) is 2.68. The number of nitrogens with one attached hydrogen (secondary N) is 2. The summed E-state index contributed by atoms with van der Waals surface area (Å²) in [7, 11) is 0. The molecule has 1 heterocycles. The zero-order chi connectivity index (χ0) is 18.2. The summed E-state index contributed by atoms with van der Waals surface area (Å²) < 4.78 is 5.82. The molecule has 0 aliphatic rings. The molecule has 1 aromatic heterocycles. The molecule has 0 saturated heterocycles. The first-order chi connectivity index (χ1) is 12.7. The van der Waals surface area contributed by atoms with Crippen LogP contribution in [-0.4, -0.2) is 22.7 Å². The number of aromatic amines is 1. The van der Waals surface area contributed by atoms with Crippen molar-refractivity contribution in [1.29, 1.82) is 0 Å². The summed E-state index contributed by atoms with van der Waals surface area (Å²) >= 11 is 0. The monoisotopic (exact) mass is 477 g/mol. The fourth-order valence-electron chi connectivity index (χ4n) is 2.55. The minimum atomic E-state index is 0. The molecule has 0 unspecified atom stereocenters. The lowest BCUT2D eigenvalue weighted by Crippen LogP contribution is -2.22. The fraction of sp³-hybridized carbons (Fsp3) is 0.200. The Balaban J connectivity index is 0.00000261. The third-order valence-corrected chi connectivity index (χ3v) is 3.91. The van der Waals surface area contributed by atoms with Crippen LogP contribution < -0.4 is 15.8 Å². The highest BCUT2D eigenvalue weighted by atomic mass is 127. The number of benzene rings is 2. The summed E-state index contributed by atoms with van der Waals surface area (Å²) in [6.07, 6.45) is 3.71. The third kappa shape index (κ3) is 6.59. The molecule has 4 N–H and O–H groups in total. The molecule has 0 spiro atoms. The van der Waals surface area contributed by atoms with E-state index in [9.17, 15) is 0 Å². The highest BCUT2D eigenvalue weighted by molar-refractivity contribution is 14.0. The molecule has 3 rings (SSSR count). The van der Waals surface area contributed by atoms with Gasteiger partial charge in [-0.2, -0.15) is 5.10 Å². The Labute approximate surface area is 176 Å². The molecule has 2 aromatic carbocycles. The van der Waals surface area contributed by atoms with Gasteiger partial charge in [-0.3, -0.25) is 10.1 Å². The number of anilines is 1. The van der Waals surface area contributed by atoms with Gasteiger partial charge in [0.2, 0.25) is 0 Å². The van der Waals surface area contributed by atoms with Gasteiger partial charge in [-0.25, -0.2) is 0 Å². The van der Waals surface area contributed by atoms with Gasteiger partial charge in [0.25, 0.3) is 0 Å². The maximum Gasteiger partial charge on any atom is 0.193 e. The second kappa shape index (κ2) is 10.6.